The van der Waals surface area contributed by atoms with Crippen LogP contribution < -0.4 is 5.32 Å². The molecule has 0 amide bonds. The van der Waals surface area contributed by atoms with Gasteiger partial charge in [-0.3, -0.25) is 4.68 Å². The summed E-state index contributed by atoms with van der Waals surface area (Å²) in [5.74, 6) is 0. The molecule has 0 saturated heterocycles. The average Bonchev–Trinajstić information content (AvgIpc) is 2.58. The Kier molecular flexibility index (Phi) is 4.50. The third-order valence-electron chi connectivity index (χ3n) is 3.33. The van der Waals surface area contributed by atoms with Crippen LogP contribution in [0.2, 0.25) is 0 Å². The summed E-state index contributed by atoms with van der Waals surface area (Å²) in [7, 11) is 3.70. The number of aromatic nitrogens is 2. The van der Waals surface area contributed by atoms with Gasteiger partial charge in [-0.25, -0.2) is 0 Å². The second-order valence-electron chi connectivity index (χ2n) is 4.43. The number of nitrogens with one attached hydrogen (secondary N) is 1. The number of methoxy groups -OCH3 is 1. The maximum Gasteiger partial charge on any atom is 0.0693 e. The zero-order valence-electron chi connectivity index (χ0n) is 11.1. The molecule has 4 heteroatoms. The first-order chi connectivity index (χ1) is 7.47. The Balaban J connectivity index is 2.65. The molecule has 0 aliphatic rings. The fourth-order valence-corrected chi connectivity index (χ4v) is 1.76. The van der Waals surface area contributed by atoms with Gasteiger partial charge in [-0.05, 0) is 27.7 Å². The Bertz CT molecular complexity index is 335. The molecule has 0 aliphatic heterocycles. The summed E-state index contributed by atoms with van der Waals surface area (Å²) in [6, 6.07) is 0.612. The first-order valence-electron chi connectivity index (χ1n) is 5.74. The van der Waals surface area contributed by atoms with Gasteiger partial charge in [0, 0.05) is 37.5 Å². The molecule has 1 rings (SSSR count). The number of ether oxygens (including phenoxy) is 1. The first kappa shape index (κ1) is 13.2. The van der Waals surface area contributed by atoms with E-state index in [-0.39, 0.29) is 6.10 Å². The summed E-state index contributed by atoms with van der Waals surface area (Å²) in [6.45, 7) is 8.45. The average molecular weight is 225 g/mol. The lowest BCUT2D eigenvalue weighted by atomic mass is 10.1. The van der Waals surface area contributed by atoms with E-state index in [1.165, 1.54) is 11.3 Å². The number of aryl methyl sites for hydroxylation is 1. The SMILES string of the molecule is COC(C)C(C)NC(C)c1cnn(C)c1C. The number of hydrogen-bond donors (Lipinski definition) is 1. The van der Waals surface area contributed by atoms with Gasteiger partial charge in [0.2, 0.25) is 0 Å². The van der Waals surface area contributed by atoms with Crippen LogP contribution in [0.4, 0.5) is 0 Å². The second kappa shape index (κ2) is 5.46. The smallest absolute Gasteiger partial charge is 0.0693 e. The van der Waals surface area contributed by atoms with Crippen LogP contribution in [0.25, 0.3) is 0 Å². The molecule has 1 aromatic heterocycles. The fourth-order valence-electron chi connectivity index (χ4n) is 1.76. The van der Waals surface area contributed by atoms with Gasteiger partial charge in [-0.2, -0.15) is 5.10 Å². The first-order valence-corrected chi connectivity index (χ1v) is 5.74. The van der Waals surface area contributed by atoms with Crippen molar-refractivity contribution in [3.63, 3.8) is 0 Å². The van der Waals surface area contributed by atoms with E-state index in [1.54, 1.807) is 7.11 Å². The van der Waals surface area contributed by atoms with Crippen LogP contribution in [-0.2, 0) is 11.8 Å². The van der Waals surface area contributed by atoms with E-state index < -0.39 is 0 Å². The Labute approximate surface area is 98.0 Å². The molecule has 92 valence electrons. The van der Waals surface area contributed by atoms with E-state index in [1.807, 2.05) is 17.9 Å². The predicted molar refractivity (Wildman–Crippen MR) is 65.4 cm³/mol. The largest absolute Gasteiger partial charge is 0.380 e. The number of hydrogen-bond acceptors (Lipinski definition) is 3. The highest BCUT2D eigenvalue weighted by Gasteiger charge is 2.17. The zero-order valence-corrected chi connectivity index (χ0v) is 11.1. The zero-order chi connectivity index (χ0) is 12.3. The lowest BCUT2D eigenvalue weighted by molar-refractivity contribution is 0.0852. The minimum absolute atomic E-state index is 0.208. The van der Waals surface area contributed by atoms with Gasteiger partial charge in [0.25, 0.3) is 0 Å². The second-order valence-corrected chi connectivity index (χ2v) is 4.43. The maximum absolute atomic E-state index is 5.30. The van der Waals surface area contributed by atoms with E-state index in [0.29, 0.717) is 12.1 Å². The summed E-state index contributed by atoms with van der Waals surface area (Å²) in [4.78, 5) is 0. The highest BCUT2D eigenvalue weighted by molar-refractivity contribution is 5.19. The minimum atomic E-state index is 0.208. The van der Waals surface area contributed by atoms with Gasteiger partial charge in [-0.1, -0.05) is 0 Å². The van der Waals surface area contributed by atoms with Crippen LogP contribution in [0.3, 0.4) is 0 Å². The normalized spacial score (nSPS) is 17.1. The standard InChI is InChI=1S/C12H23N3O/c1-8(11(4)16-6)14-9(2)12-7-13-15(5)10(12)3/h7-9,11,14H,1-6H3. The third kappa shape index (κ3) is 2.83. The van der Waals surface area contributed by atoms with Gasteiger partial charge in [-0.15, -0.1) is 0 Å². The molecule has 0 aromatic carbocycles. The molecule has 0 bridgehead atoms. The van der Waals surface area contributed by atoms with E-state index in [9.17, 15) is 0 Å². The maximum atomic E-state index is 5.30. The van der Waals surface area contributed by atoms with Crippen molar-refractivity contribution < 1.29 is 4.74 Å². The molecule has 0 spiro atoms. The Morgan fingerprint density at radius 1 is 1.38 bits per heavy atom. The highest BCUT2D eigenvalue weighted by Crippen LogP contribution is 2.17. The van der Waals surface area contributed by atoms with Crippen molar-refractivity contribution in [3.8, 4) is 0 Å². The van der Waals surface area contributed by atoms with Crippen molar-refractivity contribution >= 4 is 0 Å². The molecular formula is C12H23N3O. The molecular weight excluding hydrogens is 202 g/mol. The van der Waals surface area contributed by atoms with Gasteiger partial charge in [0.05, 0.1) is 12.3 Å². The van der Waals surface area contributed by atoms with Crippen LogP contribution in [-0.4, -0.2) is 29.0 Å². The summed E-state index contributed by atoms with van der Waals surface area (Å²) < 4.78 is 7.20. The molecule has 1 aromatic rings. The number of nitrogens with zero attached hydrogens (tertiary/aromatic N) is 2. The molecule has 4 nitrogen and oxygen atoms in total. The summed E-state index contributed by atoms with van der Waals surface area (Å²) in [6.07, 6.45) is 2.14. The van der Waals surface area contributed by atoms with Gasteiger partial charge in [0.15, 0.2) is 0 Å². The van der Waals surface area contributed by atoms with Crippen molar-refractivity contribution in [2.45, 2.75) is 45.9 Å². The Morgan fingerprint density at radius 3 is 2.44 bits per heavy atom. The molecule has 0 radical (unpaired) electrons. The van der Waals surface area contributed by atoms with Crippen LogP contribution in [0.1, 0.15) is 38.1 Å². The van der Waals surface area contributed by atoms with Gasteiger partial charge < -0.3 is 10.1 Å². The molecule has 1 heterocycles. The van der Waals surface area contributed by atoms with Crippen molar-refractivity contribution in [2.75, 3.05) is 7.11 Å². The molecule has 3 atom stereocenters. The molecule has 0 saturated carbocycles. The van der Waals surface area contributed by atoms with Crippen LogP contribution >= 0.6 is 0 Å². The van der Waals surface area contributed by atoms with Crippen molar-refractivity contribution in [1.82, 2.24) is 15.1 Å². The third-order valence-corrected chi connectivity index (χ3v) is 3.33. The van der Waals surface area contributed by atoms with E-state index in [2.05, 4.69) is 38.1 Å². The summed E-state index contributed by atoms with van der Waals surface area (Å²) >= 11 is 0. The lowest BCUT2D eigenvalue weighted by Gasteiger charge is -2.24. The molecule has 3 unspecified atom stereocenters. The number of rotatable bonds is 5. The van der Waals surface area contributed by atoms with Crippen molar-refractivity contribution in [1.29, 1.82) is 0 Å². The molecule has 16 heavy (non-hydrogen) atoms. The van der Waals surface area contributed by atoms with Crippen LogP contribution in [0, 0.1) is 6.92 Å². The minimum Gasteiger partial charge on any atom is -0.380 e. The quantitative estimate of drug-likeness (QED) is 0.830. The van der Waals surface area contributed by atoms with Crippen molar-refractivity contribution in [3.05, 3.63) is 17.5 Å². The van der Waals surface area contributed by atoms with Gasteiger partial charge >= 0.3 is 0 Å². The Hall–Kier alpha value is -0.870. The van der Waals surface area contributed by atoms with Crippen LogP contribution in [0.15, 0.2) is 6.20 Å². The summed E-state index contributed by atoms with van der Waals surface area (Å²) in [5, 5.41) is 7.78. The highest BCUT2D eigenvalue weighted by atomic mass is 16.5. The van der Waals surface area contributed by atoms with Crippen molar-refractivity contribution in [2.24, 2.45) is 7.05 Å². The van der Waals surface area contributed by atoms with E-state index >= 15 is 0 Å². The lowest BCUT2D eigenvalue weighted by Crippen LogP contribution is -2.38. The van der Waals surface area contributed by atoms with E-state index in [0.717, 1.165) is 0 Å². The molecule has 1 N–H and O–H groups in total. The van der Waals surface area contributed by atoms with Crippen LogP contribution in [0.5, 0.6) is 0 Å². The predicted octanol–water partition coefficient (Wildman–Crippen LogP) is 1.80. The summed E-state index contributed by atoms with van der Waals surface area (Å²) in [5.41, 5.74) is 2.45. The van der Waals surface area contributed by atoms with E-state index in [4.69, 9.17) is 4.74 Å². The fraction of sp³-hybridized carbons (Fsp3) is 0.750. The van der Waals surface area contributed by atoms with Gasteiger partial charge in [0.1, 0.15) is 0 Å². The Morgan fingerprint density at radius 2 is 2.00 bits per heavy atom. The monoisotopic (exact) mass is 225 g/mol. The topological polar surface area (TPSA) is 39.1 Å². The molecule has 0 fully saturated rings. The molecule has 0 aliphatic carbocycles.